The van der Waals surface area contributed by atoms with Crippen LogP contribution in [0.3, 0.4) is 0 Å². The van der Waals surface area contributed by atoms with Crippen LogP contribution < -0.4 is 4.74 Å². The molecule has 1 aliphatic heterocycles. The fraction of sp³-hybridized carbons (Fsp3) is 0.565. The minimum absolute atomic E-state index is 0.00750. The standard InChI is InChI=1S/C23H27ClN4O4/c1-3-31-23(30)21-20-16-10-14(16)11-18(20)28(26-21)12-19(29)27-8-6-15(9-13(27)2)32-22-17(24)5-4-7-25-22/h4-5,7,13-16H,3,6,8-12H2,1-2H3/t13-,14+,15-,16+/m0/s1. The molecule has 2 fully saturated rings. The van der Waals surface area contributed by atoms with E-state index in [1.807, 2.05) is 11.8 Å². The summed E-state index contributed by atoms with van der Waals surface area (Å²) in [6, 6.07) is 3.54. The molecule has 2 aromatic heterocycles. The molecule has 32 heavy (non-hydrogen) atoms. The molecular weight excluding hydrogens is 432 g/mol. The lowest BCUT2D eigenvalue weighted by atomic mass is 10.0. The smallest absolute Gasteiger partial charge is 0.359 e. The van der Waals surface area contributed by atoms with Crippen LogP contribution in [0.1, 0.15) is 60.8 Å². The molecule has 170 valence electrons. The monoisotopic (exact) mass is 458 g/mol. The van der Waals surface area contributed by atoms with Gasteiger partial charge >= 0.3 is 5.97 Å². The molecule has 0 N–H and O–H groups in total. The number of likely N-dealkylation sites (tertiary alicyclic amines) is 1. The van der Waals surface area contributed by atoms with E-state index < -0.39 is 0 Å². The number of hydrogen-bond donors (Lipinski definition) is 0. The average Bonchev–Trinajstić information content (AvgIpc) is 3.29. The Balaban J connectivity index is 1.25. The number of ether oxygens (including phenoxy) is 2. The number of fused-ring (bicyclic) bond motifs is 3. The molecule has 3 heterocycles. The van der Waals surface area contributed by atoms with Crippen molar-refractivity contribution in [2.45, 2.75) is 64.1 Å². The van der Waals surface area contributed by atoms with Crippen molar-refractivity contribution in [2.24, 2.45) is 5.92 Å². The zero-order valence-electron chi connectivity index (χ0n) is 18.3. The predicted molar refractivity (Wildman–Crippen MR) is 117 cm³/mol. The number of piperidine rings is 1. The van der Waals surface area contributed by atoms with Crippen LogP contribution in [-0.2, 0) is 22.5 Å². The van der Waals surface area contributed by atoms with Gasteiger partial charge < -0.3 is 14.4 Å². The number of rotatable bonds is 6. The van der Waals surface area contributed by atoms with Crippen LogP contribution in [0.15, 0.2) is 18.3 Å². The highest BCUT2D eigenvalue weighted by Gasteiger charge is 2.50. The van der Waals surface area contributed by atoms with E-state index in [1.165, 1.54) is 0 Å². The Hall–Kier alpha value is -2.61. The summed E-state index contributed by atoms with van der Waals surface area (Å²) in [7, 11) is 0. The molecule has 1 saturated heterocycles. The molecule has 4 atom stereocenters. The summed E-state index contributed by atoms with van der Waals surface area (Å²) in [4.78, 5) is 31.7. The van der Waals surface area contributed by atoms with Gasteiger partial charge in [0, 0.05) is 42.9 Å². The Labute approximate surface area is 191 Å². The van der Waals surface area contributed by atoms with Crippen molar-refractivity contribution in [1.82, 2.24) is 19.7 Å². The summed E-state index contributed by atoms with van der Waals surface area (Å²) < 4.78 is 12.9. The fourth-order valence-electron chi connectivity index (χ4n) is 5.11. The molecule has 1 amide bonds. The quantitative estimate of drug-likeness (QED) is 0.618. The largest absolute Gasteiger partial charge is 0.473 e. The summed E-state index contributed by atoms with van der Waals surface area (Å²) in [6.45, 7) is 4.86. The molecule has 3 aliphatic rings. The maximum atomic E-state index is 13.2. The van der Waals surface area contributed by atoms with Gasteiger partial charge in [0.1, 0.15) is 17.7 Å². The Bertz CT molecular complexity index is 1050. The van der Waals surface area contributed by atoms with E-state index >= 15 is 0 Å². The summed E-state index contributed by atoms with van der Waals surface area (Å²) in [5.41, 5.74) is 2.43. The maximum Gasteiger partial charge on any atom is 0.359 e. The lowest BCUT2D eigenvalue weighted by molar-refractivity contribution is -0.136. The zero-order valence-corrected chi connectivity index (χ0v) is 19.0. The number of hydrogen-bond acceptors (Lipinski definition) is 6. The van der Waals surface area contributed by atoms with E-state index in [1.54, 1.807) is 29.9 Å². The fourth-order valence-corrected chi connectivity index (χ4v) is 5.28. The third-order valence-corrected chi connectivity index (χ3v) is 7.04. The first-order valence-electron chi connectivity index (χ1n) is 11.3. The van der Waals surface area contributed by atoms with Crippen molar-refractivity contribution < 1.29 is 19.1 Å². The second-order valence-electron chi connectivity index (χ2n) is 8.88. The average molecular weight is 459 g/mol. The second kappa shape index (κ2) is 8.39. The van der Waals surface area contributed by atoms with Gasteiger partial charge in [-0.1, -0.05) is 11.6 Å². The van der Waals surface area contributed by atoms with Crippen LogP contribution in [0.25, 0.3) is 0 Å². The normalized spacial score (nSPS) is 25.8. The molecule has 2 aliphatic carbocycles. The first-order valence-corrected chi connectivity index (χ1v) is 11.7. The van der Waals surface area contributed by atoms with Crippen LogP contribution in [0.5, 0.6) is 5.88 Å². The van der Waals surface area contributed by atoms with E-state index in [2.05, 4.69) is 10.1 Å². The molecule has 1 saturated carbocycles. The van der Waals surface area contributed by atoms with Gasteiger partial charge in [-0.2, -0.15) is 5.10 Å². The molecule has 9 heteroatoms. The maximum absolute atomic E-state index is 13.2. The molecule has 8 nitrogen and oxygen atoms in total. The summed E-state index contributed by atoms with van der Waals surface area (Å²) >= 11 is 6.16. The molecule has 5 rings (SSSR count). The van der Waals surface area contributed by atoms with Crippen molar-refractivity contribution in [3.8, 4) is 5.88 Å². The second-order valence-corrected chi connectivity index (χ2v) is 9.29. The van der Waals surface area contributed by atoms with Gasteiger partial charge in [-0.3, -0.25) is 9.48 Å². The number of carbonyl (C=O) groups excluding carboxylic acids is 2. The van der Waals surface area contributed by atoms with E-state index in [0.29, 0.717) is 54.4 Å². The first kappa shape index (κ1) is 21.2. The van der Waals surface area contributed by atoms with Gasteiger partial charge in [-0.05, 0) is 50.7 Å². The Morgan fingerprint density at radius 2 is 2.16 bits per heavy atom. The van der Waals surface area contributed by atoms with Gasteiger partial charge in [-0.25, -0.2) is 9.78 Å². The lowest BCUT2D eigenvalue weighted by Crippen LogP contribution is -2.48. The third-order valence-electron chi connectivity index (χ3n) is 6.75. The number of carbonyl (C=O) groups is 2. The molecule has 0 radical (unpaired) electrons. The van der Waals surface area contributed by atoms with Gasteiger partial charge in [0.2, 0.25) is 11.8 Å². The molecule has 0 aromatic carbocycles. The number of halogens is 1. The molecule has 0 unspecified atom stereocenters. The van der Waals surface area contributed by atoms with Crippen molar-refractivity contribution >= 4 is 23.5 Å². The van der Waals surface area contributed by atoms with Crippen LogP contribution in [0.2, 0.25) is 5.02 Å². The summed E-state index contributed by atoms with van der Waals surface area (Å²) in [6.07, 6.45) is 5.00. The number of nitrogens with zero attached hydrogens (tertiary/aromatic N) is 4. The van der Waals surface area contributed by atoms with E-state index in [9.17, 15) is 9.59 Å². The van der Waals surface area contributed by atoms with Crippen LogP contribution >= 0.6 is 11.6 Å². The van der Waals surface area contributed by atoms with Gasteiger partial charge in [0.25, 0.3) is 0 Å². The van der Waals surface area contributed by atoms with Crippen molar-refractivity contribution in [2.75, 3.05) is 13.2 Å². The Kier molecular flexibility index (Phi) is 5.57. The molecule has 2 aromatic rings. The number of aromatic nitrogens is 3. The third kappa shape index (κ3) is 3.85. The lowest BCUT2D eigenvalue weighted by Gasteiger charge is -2.37. The topological polar surface area (TPSA) is 86.5 Å². The highest BCUT2D eigenvalue weighted by Crippen LogP contribution is 2.57. The van der Waals surface area contributed by atoms with E-state index in [0.717, 1.165) is 24.1 Å². The molecular formula is C23H27ClN4O4. The zero-order chi connectivity index (χ0) is 22.4. The minimum Gasteiger partial charge on any atom is -0.473 e. The van der Waals surface area contributed by atoms with Crippen molar-refractivity contribution in [3.63, 3.8) is 0 Å². The number of esters is 1. The van der Waals surface area contributed by atoms with Crippen LogP contribution in [-0.4, -0.2) is 56.8 Å². The molecule has 0 bridgehead atoms. The van der Waals surface area contributed by atoms with Gasteiger partial charge in [0.05, 0.1) is 6.61 Å². The summed E-state index contributed by atoms with van der Waals surface area (Å²) in [5, 5.41) is 5.00. The summed E-state index contributed by atoms with van der Waals surface area (Å²) in [5.74, 6) is 1.04. The SMILES string of the molecule is CCOC(=O)c1nn(CC(=O)N2CC[C@H](Oc3ncccc3Cl)C[C@@H]2C)c2c1[C@@H]1C[C@@H]1C2. The van der Waals surface area contributed by atoms with Crippen LogP contribution in [0.4, 0.5) is 0 Å². The molecule has 0 spiro atoms. The van der Waals surface area contributed by atoms with E-state index in [-0.39, 0.29) is 30.6 Å². The van der Waals surface area contributed by atoms with Gasteiger partial charge in [0.15, 0.2) is 5.69 Å². The minimum atomic E-state index is -0.387. The first-order chi connectivity index (χ1) is 15.5. The van der Waals surface area contributed by atoms with Crippen molar-refractivity contribution in [1.29, 1.82) is 0 Å². The van der Waals surface area contributed by atoms with Crippen molar-refractivity contribution in [3.05, 3.63) is 40.3 Å². The predicted octanol–water partition coefficient (Wildman–Crippen LogP) is 3.23. The van der Waals surface area contributed by atoms with Gasteiger partial charge in [-0.15, -0.1) is 0 Å². The van der Waals surface area contributed by atoms with Crippen LogP contribution in [0, 0.1) is 5.92 Å². The number of amides is 1. The highest BCUT2D eigenvalue weighted by atomic mass is 35.5. The highest BCUT2D eigenvalue weighted by molar-refractivity contribution is 6.31. The number of pyridine rings is 1. The Morgan fingerprint density at radius 3 is 2.91 bits per heavy atom. The van der Waals surface area contributed by atoms with E-state index in [4.69, 9.17) is 21.1 Å². The Morgan fingerprint density at radius 1 is 1.31 bits per heavy atom.